The van der Waals surface area contributed by atoms with Crippen molar-refractivity contribution in [2.75, 3.05) is 18.0 Å². The van der Waals surface area contributed by atoms with E-state index in [1.165, 1.54) is 6.33 Å². The van der Waals surface area contributed by atoms with Gasteiger partial charge in [0.2, 0.25) is 0 Å². The Morgan fingerprint density at radius 3 is 2.62 bits per heavy atom. The highest BCUT2D eigenvalue weighted by molar-refractivity contribution is 5.92. The number of rotatable bonds is 3. The number of hydrogen-bond acceptors (Lipinski definition) is 4. The summed E-state index contributed by atoms with van der Waals surface area (Å²) in [5.74, 6) is 1.08. The summed E-state index contributed by atoms with van der Waals surface area (Å²) in [5.41, 5.74) is 0.611. The van der Waals surface area contributed by atoms with Crippen LogP contribution in [0.4, 0.5) is 5.82 Å². The van der Waals surface area contributed by atoms with Gasteiger partial charge in [0.15, 0.2) is 0 Å². The van der Waals surface area contributed by atoms with Gasteiger partial charge in [0.05, 0.1) is 0 Å². The van der Waals surface area contributed by atoms with Crippen LogP contribution in [0.5, 0.6) is 5.75 Å². The van der Waals surface area contributed by atoms with Gasteiger partial charge >= 0.3 is 0 Å². The Hall–Kier alpha value is -1.84. The Balaban J connectivity index is 2.66. The van der Waals surface area contributed by atoms with Crippen molar-refractivity contribution < 1.29 is 5.11 Å². The average molecular weight is 217 g/mol. The van der Waals surface area contributed by atoms with Crippen molar-refractivity contribution in [3.63, 3.8) is 0 Å². The zero-order valence-corrected chi connectivity index (χ0v) is 9.51. The second kappa shape index (κ2) is 4.35. The van der Waals surface area contributed by atoms with Crippen molar-refractivity contribution in [1.29, 1.82) is 0 Å². The van der Waals surface area contributed by atoms with Crippen molar-refractivity contribution in [1.82, 2.24) is 9.97 Å². The Kier molecular flexibility index (Phi) is 2.90. The summed E-state index contributed by atoms with van der Waals surface area (Å²) in [6, 6.07) is 5.39. The molecule has 0 amide bonds. The summed E-state index contributed by atoms with van der Waals surface area (Å²) in [6.45, 7) is 5.94. The molecule has 1 aromatic heterocycles. The van der Waals surface area contributed by atoms with Crippen molar-refractivity contribution in [2.24, 2.45) is 0 Å². The Morgan fingerprint density at radius 2 is 1.94 bits per heavy atom. The van der Waals surface area contributed by atoms with Crippen molar-refractivity contribution >= 4 is 16.7 Å². The molecule has 2 rings (SSSR count). The topological polar surface area (TPSA) is 49.2 Å². The maximum absolute atomic E-state index is 9.71. The number of nitrogens with zero attached hydrogens (tertiary/aromatic N) is 3. The molecule has 0 saturated heterocycles. The first kappa shape index (κ1) is 10.7. The van der Waals surface area contributed by atoms with Gasteiger partial charge in [0.25, 0.3) is 0 Å². The molecule has 1 aromatic carbocycles. The van der Waals surface area contributed by atoms with Crippen LogP contribution in [0, 0.1) is 0 Å². The van der Waals surface area contributed by atoms with Crippen molar-refractivity contribution in [3.8, 4) is 5.75 Å². The molecule has 4 nitrogen and oxygen atoms in total. The highest BCUT2D eigenvalue weighted by Gasteiger charge is 2.10. The predicted molar refractivity (Wildman–Crippen MR) is 64.8 cm³/mol. The third kappa shape index (κ3) is 1.66. The largest absolute Gasteiger partial charge is 0.506 e. The van der Waals surface area contributed by atoms with Crippen LogP contribution in [0.1, 0.15) is 13.8 Å². The first-order valence-electron chi connectivity index (χ1n) is 5.45. The van der Waals surface area contributed by atoms with E-state index in [1.54, 1.807) is 6.07 Å². The van der Waals surface area contributed by atoms with Crippen LogP contribution in [-0.2, 0) is 0 Å². The molecular weight excluding hydrogens is 202 g/mol. The van der Waals surface area contributed by atoms with Gasteiger partial charge in [-0.3, -0.25) is 0 Å². The van der Waals surface area contributed by atoms with Crippen molar-refractivity contribution in [2.45, 2.75) is 13.8 Å². The maximum atomic E-state index is 9.71. The van der Waals surface area contributed by atoms with Crippen LogP contribution in [0.15, 0.2) is 24.5 Å². The standard InChI is InChI=1S/C12H15N3O/c1-3-15(4-2)12-9-6-5-7-10(16)11(9)13-8-14-12/h5-8,16H,3-4H2,1-2H3. The number of aromatic nitrogens is 2. The first-order valence-corrected chi connectivity index (χ1v) is 5.45. The summed E-state index contributed by atoms with van der Waals surface area (Å²) in [5, 5.41) is 10.6. The molecule has 16 heavy (non-hydrogen) atoms. The summed E-state index contributed by atoms with van der Waals surface area (Å²) < 4.78 is 0. The quantitative estimate of drug-likeness (QED) is 0.856. The van der Waals surface area contributed by atoms with Crippen LogP contribution in [0.25, 0.3) is 10.9 Å². The monoisotopic (exact) mass is 217 g/mol. The minimum Gasteiger partial charge on any atom is -0.506 e. The average Bonchev–Trinajstić information content (AvgIpc) is 2.32. The lowest BCUT2D eigenvalue weighted by atomic mass is 10.2. The SMILES string of the molecule is CCN(CC)c1ncnc2c(O)cccc12. The summed E-state index contributed by atoms with van der Waals surface area (Å²) in [4.78, 5) is 10.5. The van der Waals surface area contributed by atoms with Gasteiger partial charge < -0.3 is 10.0 Å². The van der Waals surface area contributed by atoms with E-state index in [0.717, 1.165) is 24.3 Å². The number of phenols is 1. The first-order chi connectivity index (χ1) is 7.77. The van der Waals surface area contributed by atoms with E-state index in [4.69, 9.17) is 0 Å². The number of phenolic OH excluding ortho intramolecular Hbond substituents is 1. The molecule has 1 heterocycles. The highest BCUT2D eigenvalue weighted by Crippen LogP contribution is 2.28. The van der Waals surface area contributed by atoms with Gasteiger partial charge in [0.1, 0.15) is 23.4 Å². The molecule has 0 fully saturated rings. The normalized spacial score (nSPS) is 10.6. The van der Waals surface area contributed by atoms with E-state index in [1.807, 2.05) is 12.1 Å². The molecule has 0 aliphatic rings. The minimum atomic E-state index is 0.202. The fourth-order valence-electron chi connectivity index (χ4n) is 1.83. The number of hydrogen-bond donors (Lipinski definition) is 1. The molecule has 0 atom stereocenters. The maximum Gasteiger partial charge on any atom is 0.142 e. The summed E-state index contributed by atoms with van der Waals surface area (Å²) in [7, 11) is 0. The third-order valence-electron chi connectivity index (χ3n) is 2.69. The van der Waals surface area contributed by atoms with Gasteiger partial charge in [-0.1, -0.05) is 6.07 Å². The molecule has 2 aromatic rings. The Labute approximate surface area is 94.6 Å². The number of para-hydroxylation sites is 1. The molecule has 0 bridgehead atoms. The summed E-state index contributed by atoms with van der Waals surface area (Å²) in [6.07, 6.45) is 1.50. The van der Waals surface area contributed by atoms with E-state index in [2.05, 4.69) is 28.7 Å². The van der Waals surface area contributed by atoms with Gasteiger partial charge in [-0.2, -0.15) is 0 Å². The highest BCUT2D eigenvalue weighted by atomic mass is 16.3. The molecule has 4 heteroatoms. The molecule has 0 saturated carbocycles. The number of aromatic hydroxyl groups is 1. The number of benzene rings is 1. The van der Waals surface area contributed by atoms with Crippen LogP contribution in [-0.4, -0.2) is 28.2 Å². The molecule has 0 unspecified atom stereocenters. The Bertz CT molecular complexity index is 495. The Morgan fingerprint density at radius 1 is 1.19 bits per heavy atom. The van der Waals surface area contributed by atoms with E-state index >= 15 is 0 Å². The lowest BCUT2D eigenvalue weighted by molar-refractivity contribution is 0.480. The van der Waals surface area contributed by atoms with Crippen LogP contribution < -0.4 is 4.90 Å². The third-order valence-corrected chi connectivity index (χ3v) is 2.69. The molecule has 84 valence electrons. The van der Waals surface area contributed by atoms with Crippen molar-refractivity contribution in [3.05, 3.63) is 24.5 Å². The van der Waals surface area contributed by atoms with E-state index in [-0.39, 0.29) is 5.75 Å². The fraction of sp³-hybridized carbons (Fsp3) is 0.333. The van der Waals surface area contributed by atoms with E-state index in [9.17, 15) is 5.11 Å². The van der Waals surface area contributed by atoms with Gasteiger partial charge in [-0.15, -0.1) is 0 Å². The zero-order valence-electron chi connectivity index (χ0n) is 9.51. The second-order valence-electron chi connectivity index (χ2n) is 3.54. The number of fused-ring (bicyclic) bond motifs is 1. The minimum absolute atomic E-state index is 0.202. The van der Waals surface area contributed by atoms with Crippen LogP contribution in [0.3, 0.4) is 0 Å². The van der Waals surface area contributed by atoms with E-state index < -0.39 is 0 Å². The molecule has 0 aliphatic heterocycles. The molecule has 0 spiro atoms. The smallest absolute Gasteiger partial charge is 0.142 e. The molecular formula is C12H15N3O. The second-order valence-corrected chi connectivity index (χ2v) is 3.54. The molecule has 0 radical (unpaired) electrons. The van der Waals surface area contributed by atoms with Crippen LogP contribution in [0.2, 0.25) is 0 Å². The fourth-order valence-corrected chi connectivity index (χ4v) is 1.83. The predicted octanol–water partition coefficient (Wildman–Crippen LogP) is 2.18. The lowest BCUT2D eigenvalue weighted by Crippen LogP contribution is -2.23. The van der Waals surface area contributed by atoms with Gasteiger partial charge in [0, 0.05) is 18.5 Å². The number of anilines is 1. The van der Waals surface area contributed by atoms with Gasteiger partial charge in [-0.05, 0) is 26.0 Å². The van der Waals surface area contributed by atoms with E-state index in [0.29, 0.717) is 5.52 Å². The van der Waals surface area contributed by atoms with Crippen LogP contribution >= 0.6 is 0 Å². The zero-order chi connectivity index (χ0) is 11.5. The molecule has 1 N–H and O–H groups in total. The summed E-state index contributed by atoms with van der Waals surface area (Å²) >= 11 is 0. The lowest BCUT2D eigenvalue weighted by Gasteiger charge is -2.20. The molecule has 0 aliphatic carbocycles. The van der Waals surface area contributed by atoms with Gasteiger partial charge in [-0.25, -0.2) is 9.97 Å².